The molecule has 2 aromatic rings. The summed E-state index contributed by atoms with van der Waals surface area (Å²) in [6.45, 7) is 1.74. The maximum Gasteiger partial charge on any atom is 0.241 e. The third kappa shape index (κ3) is 4.75. The zero-order valence-electron chi connectivity index (χ0n) is 12.6. The second kappa shape index (κ2) is 7.53. The molecule has 9 heteroatoms. The summed E-state index contributed by atoms with van der Waals surface area (Å²) in [7, 11) is -2.29. The molecule has 1 aromatic carbocycles. The first-order valence-electron chi connectivity index (χ1n) is 6.73. The minimum atomic E-state index is -3.78. The molecule has 1 amide bonds. The monoisotopic (exact) mass is 355 g/mol. The van der Waals surface area contributed by atoms with Crippen LogP contribution in [0.4, 0.5) is 0 Å². The summed E-state index contributed by atoms with van der Waals surface area (Å²) in [5, 5.41) is 4.45. The van der Waals surface area contributed by atoms with Crippen LogP contribution in [0.5, 0.6) is 5.75 Å². The third-order valence-corrected chi connectivity index (χ3v) is 5.21. The Kier molecular flexibility index (Phi) is 5.69. The summed E-state index contributed by atoms with van der Waals surface area (Å²) >= 11 is 1.43. The van der Waals surface area contributed by atoms with Crippen LogP contribution >= 0.6 is 11.3 Å². The number of hydrogen-bond donors (Lipinski definition) is 2. The molecule has 0 aliphatic rings. The third-order valence-electron chi connectivity index (χ3n) is 3.02. The van der Waals surface area contributed by atoms with E-state index in [4.69, 9.17) is 4.74 Å². The lowest BCUT2D eigenvalue weighted by molar-refractivity contribution is -0.122. The van der Waals surface area contributed by atoms with E-state index in [0.717, 1.165) is 5.69 Å². The lowest BCUT2D eigenvalue weighted by atomic mass is 10.3. The van der Waals surface area contributed by atoms with Crippen molar-refractivity contribution in [3.63, 3.8) is 0 Å². The summed E-state index contributed by atoms with van der Waals surface area (Å²) in [5.41, 5.74) is 2.39. The van der Waals surface area contributed by atoms with E-state index < -0.39 is 22.0 Å². The predicted octanol–water partition coefficient (Wildman–Crippen LogP) is 1.13. The fourth-order valence-electron chi connectivity index (χ4n) is 1.76. The Morgan fingerprint density at radius 1 is 1.35 bits per heavy atom. The van der Waals surface area contributed by atoms with Gasteiger partial charge in [0, 0.05) is 5.38 Å². The van der Waals surface area contributed by atoms with Crippen LogP contribution in [0.1, 0.15) is 12.6 Å². The van der Waals surface area contributed by atoms with Crippen molar-refractivity contribution in [1.82, 2.24) is 15.0 Å². The minimum Gasteiger partial charge on any atom is -0.497 e. The molecule has 0 aliphatic carbocycles. The van der Waals surface area contributed by atoms with Gasteiger partial charge in [-0.2, -0.15) is 4.72 Å². The standard InChI is InChI=1S/C14H17N3O4S2/c1-10(14(18)15-7-11-8-22-9-16-11)17-23(19,20)13-5-3-12(21-2)4-6-13/h3-6,8-10,17H,7H2,1-2H3,(H,15,18). The van der Waals surface area contributed by atoms with E-state index in [1.54, 1.807) is 17.6 Å². The molecular formula is C14H17N3O4S2. The molecule has 0 saturated heterocycles. The fraction of sp³-hybridized carbons (Fsp3) is 0.286. The van der Waals surface area contributed by atoms with E-state index in [1.807, 2.05) is 5.38 Å². The fourth-order valence-corrected chi connectivity index (χ4v) is 3.53. The number of sulfonamides is 1. The molecule has 1 aromatic heterocycles. The SMILES string of the molecule is COc1ccc(S(=O)(=O)NC(C)C(=O)NCc2cscn2)cc1. The number of carbonyl (C=O) groups is 1. The number of rotatable bonds is 7. The molecule has 7 nitrogen and oxygen atoms in total. The van der Waals surface area contributed by atoms with Crippen LogP contribution in [0.15, 0.2) is 40.1 Å². The van der Waals surface area contributed by atoms with Crippen molar-refractivity contribution in [3.8, 4) is 5.75 Å². The van der Waals surface area contributed by atoms with Crippen LogP contribution < -0.4 is 14.8 Å². The average Bonchev–Trinajstić information content (AvgIpc) is 3.05. The molecule has 0 bridgehead atoms. The maximum atomic E-state index is 12.2. The van der Waals surface area contributed by atoms with E-state index in [9.17, 15) is 13.2 Å². The van der Waals surface area contributed by atoms with Crippen molar-refractivity contribution in [2.45, 2.75) is 24.4 Å². The van der Waals surface area contributed by atoms with Crippen LogP contribution in [0, 0.1) is 0 Å². The van der Waals surface area contributed by atoms with Gasteiger partial charge in [0.05, 0.1) is 35.8 Å². The molecule has 2 rings (SSSR count). The molecule has 2 N–H and O–H groups in total. The lowest BCUT2D eigenvalue weighted by Crippen LogP contribution is -2.44. The van der Waals surface area contributed by atoms with Gasteiger partial charge in [-0.15, -0.1) is 11.3 Å². The number of hydrogen-bond acceptors (Lipinski definition) is 6. The number of nitrogens with zero attached hydrogens (tertiary/aromatic N) is 1. The van der Waals surface area contributed by atoms with Crippen molar-refractivity contribution in [1.29, 1.82) is 0 Å². The molecular weight excluding hydrogens is 338 g/mol. The number of benzene rings is 1. The van der Waals surface area contributed by atoms with E-state index in [-0.39, 0.29) is 11.4 Å². The van der Waals surface area contributed by atoms with Gasteiger partial charge >= 0.3 is 0 Å². The molecule has 23 heavy (non-hydrogen) atoms. The molecule has 124 valence electrons. The molecule has 0 fully saturated rings. The van der Waals surface area contributed by atoms with Gasteiger partial charge in [0.2, 0.25) is 15.9 Å². The van der Waals surface area contributed by atoms with Gasteiger partial charge < -0.3 is 10.1 Å². The summed E-state index contributed by atoms with van der Waals surface area (Å²) in [5.74, 6) is 0.132. The number of aromatic nitrogens is 1. The number of nitrogens with one attached hydrogen (secondary N) is 2. The Labute approximate surface area is 138 Å². The second-order valence-electron chi connectivity index (χ2n) is 4.72. The molecule has 0 aliphatic heterocycles. The summed E-state index contributed by atoms with van der Waals surface area (Å²) in [4.78, 5) is 16.1. The van der Waals surface area contributed by atoms with Crippen LogP contribution in [0.25, 0.3) is 0 Å². The van der Waals surface area contributed by atoms with Gasteiger partial charge in [0.1, 0.15) is 5.75 Å². The first-order chi connectivity index (χ1) is 10.9. The quantitative estimate of drug-likeness (QED) is 0.776. The molecule has 0 spiro atoms. The van der Waals surface area contributed by atoms with Crippen LogP contribution in [0.2, 0.25) is 0 Å². The Balaban J connectivity index is 1.96. The maximum absolute atomic E-state index is 12.2. The Morgan fingerprint density at radius 2 is 2.04 bits per heavy atom. The zero-order valence-corrected chi connectivity index (χ0v) is 14.3. The zero-order chi connectivity index (χ0) is 16.9. The number of thiazole rings is 1. The van der Waals surface area contributed by atoms with Crippen LogP contribution in [-0.2, 0) is 21.4 Å². The van der Waals surface area contributed by atoms with E-state index >= 15 is 0 Å². The lowest BCUT2D eigenvalue weighted by Gasteiger charge is -2.14. The van der Waals surface area contributed by atoms with Gasteiger partial charge in [-0.1, -0.05) is 0 Å². The first kappa shape index (κ1) is 17.4. The first-order valence-corrected chi connectivity index (χ1v) is 9.16. The number of ether oxygens (including phenoxy) is 1. The van der Waals surface area contributed by atoms with Crippen LogP contribution in [-0.4, -0.2) is 32.5 Å². The molecule has 1 atom stereocenters. The average molecular weight is 355 g/mol. The highest BCUT2D eigenvalue weighted by Gasteiger charge is 2.22. The highest BCUT2D eigenvalue weighted by atomic mass is 32.2. The number of amides is 1. The largest absolute Gasteiger partial charge is 0.497 e. The Morgan fingerprint density at radius 3 is 2.61 bits per heavy atom. The summed E-state index contributed by atoms with van der Waals surface area (Å²) in [6.07, 6.45) is 0. The number of carbonyl (C=O) groups excluding carboxylic acids is 1. The Hall–Kier alpha value is -1.97. The van der Waals surface area contributed by atoms with Crippen molar-refractivity contribution in [3.05, 3.63) is 40.8 Å². The van der Waals surface area contributed by atoms with Crippen molar-refractivity contribution in [2.75, 3.05) is 7.11 Å². The highest BCUT2D eigenvalue weighted by molar-refractivity contribution is 7.89. The summed E-state index contributed by atoms with van der Waals surface area (Å²) < 4.78 is 31.8. The van der Waals surface area contributed by atoms with E-state index in [0.29, 0.717) is 5.75 Å². The second-order valence-corrected chi connectivity index (χ2v) is 7.15. The smallest absolute Gasteiger partial charge is 0.241 e. The molecule has 0 saturated carbocycles. The van der Waals surface area contributed by atoms with Gasteiger partial charge in [0.15, 0.2) is 0 Å². The topological polar surface area (TPSA) is 97.4 Å². The number of methoxy groups -OCH3 is 1. The van der Waals surface area contributed by atoms with Crippen molar-refractivity contribution >= 4 is 27.3 Å². The van der Waals surface area contributed by atoms with Gasteiger partial charge in [-0.25, -0.2) is 13.4 Å². The minimum absolute atomic E-state index is 0.0671. The molecule has 0 radical (unpaired) electrons. The normalized spacial score (nSPS) is 12.6. The van der Waals surface area contributed by atoms with Gasteiger partial charge in [-0.3, -0.25) is 4.79 Å². The van der Waals surface area contributed by atoms with Crippen molar-refractivity contribution in [2.24, 2.45) is 0 Å². The van der Waals surface area contributed by atoms with Gasteiger partial charge in [0.25, 0.3) is 0 Å². The molecule has 1 heterocycles. The van der Waals surface area contributed by atoms with Gasteiger partial charge in [-0.05, 0) is 31.2 Å². The van der Waals surface area contributed by atoms with E-state index in [1.165, 1.54) is 37.5 Å². The Bertz CT molecular complexity index is 743. The predicted molar refractivity (Wildman–Crippen MR) is 86.7 cm³/mol. The molecule has 1 unspecified atom stereocenters. The van der Waals surface area contributed by atoms with Crippen LogP contribution in [0.3, 0.4) is 0 Å². The summed E-state index contributed by atoms with van der Waals surface area (Å²) in [6, 6.07) is 5.02. The van der Waals surface area contributed by atoms with Crippen molar-refractivity contribution < 1.29 is 17.9 Å². The highest BCUT2D eigenvalue weighted by Crippen LogP contribution is 2.15. The van der Waals surface area contributed by atoms with E-state index in [2.05, 4.69) is 15.0 Å².